The molecule has 0 atom stereocenters. The van der Waals surface area contributed by atoms with Crippen LogP contribution in [-0.2, 0) is 0 Å². The summed E-state index contributed by atoms with van der Waals surface area (Å²) in [6.45, 7) is 3.80. The summed E-state index contributed by atoms with van der Waals surface area (Å²) < 4.78 is 0. The van der Waals surface area contributed by atoms with Crippen LogP contribution in [0.3, 0.4) is 0 Å². The summed E-state index contributed by atoms with van der Waals surface area (Å²) in [4.78, 5) is 11.0. The first-order valence-electron chi connectivity index (χ1n) is 4.29. The van der Waals surface area contributed by atoms with Crippen molar-refractivity contribution in [3.63, 3.8) is 0 Å². The van der Waals surface area contributed by atoms with Gasteiger partial charge in [0.25, 0.3) is 5.69 Å². The van der Waals surface area contributed by atoms with Crippen LogP contribution in [0, 0.1) is 10.1 Å². The van der Waals surface area contributed by atoms with E-state index in [-0.39, 0.29) is 10.6 Å². The summed E-state index contributed by atoms with van der Waals surface area (Å²) in [5, 5.41) is 10.7. The molecule has 0 aliphatic rings. The third-order valence-corrected chi connectivity index (χ3v) is 3.37. The van der Waals surface area contributed by atoms with E-state index in [0.717, 1.165) is 5.57 Å². The highest BCUT2D eigenvalue weighted by Crippen LogP contribution is 2.29. The van der Waals surface area contributed by atoms with E-state index in [1.807, 2.05) is 0 Å². The molecule has 1 aromatic carbocycles. The number of hydrogen-bond donors (Lipinski definition) is 1. The molecule has 0 heterocycles. The summed E-state index contributed by atoms with van der Waals surface area (Å²) in [5.41, 5.74) is 1.11. The fourth-order valence-corrected chi connectivity index (χ4v) is 2.15. The molecule has 0 amide bonds. The molecule has 80 valence electrons. The summed E-state index contributed by atoms with van der Waals surface area (Å²) in [6.07, 6.45) is 0. The first-order chi connectivity index (χ1) is 7.15. The number of rotatable bonds is 5. The van der Waals surface area contributed by atoms with Crippen molar-refractivity contribution in [2.75, 3.05) is 11.5 Å². The van der Waals surface area contributed by atoms with Gasteiger partial charge in [-0.15, -0.1) is 11.8 Å². The molecule has 0 spiro atoms. The predicted octanol–water partition coefficient (Wildman–Crippen LogP) is 3.17. The van der Waals surface area contributed by atoms with Crippen molar-refractivity contribution < 1.29 is 4.92 Å². The highest BCUT2D eigenvalue weighted by molar-refractivity contribution is 7.99. The summed E-state index contributed by atoms with van der Waals surface area (Å²) in [6, 6.07) is 6.70. The van der Waals surface area contributed by atoms with Gasteiger partial charge in [0.15, 0.2) is 0 Å². The van der Waals surface area contributed by atoms with Gasteiger partial charge in [-0.2, -0.15) is 12.6 Å². The second-order valence-electron chi connectivity index (χ2n) is 2.92. The second kappa shape index (κ2) is 5.82. The van der Waals surface area contributed by atoms with Gasteiger partial charge in [-0.3, -0.25) is 10.1 Å². The Balaban J connectivity index is 2.76. The fraction of sp³-hybridized carbons (Fsp3) is 0.200. The third-order valence-electron chi connectivity index (χ3n) is 1.72. The molecule has 0 radical (unpaired) electrons. The lowest BCUT2D eigenvalue weighted by atomic mass is 10.3. The molecular formula is C10H11NO2S2. The Morgan fingerprint density at radius 2 is 2.20 bits per heavy atom. The van der Waals surface area contributed by atoms with E-state index in [1.165, 1.54) is 17.8 Å². The van der Waals surface area contributed by atoms with E-state index in [0.29, 0.717) is 16.4 Å². The van der Waals surface area contributed by atoms with Crippen molar-refractivity contribution in [3.05, 3.63) is 46.5 Å². The number of para-hydroxylation sites is 1. The van der Waals surface area contributed by atoms with Gasteiger partial charge in [0.2, 0.25) is 0 Å². The Labute approximate surface area is 98.1 Å². The average Bonchev–Trinajstić information content (AvgIpc) is 2.26. The highest BCUT2D eigenvalue weighted by Gasteiger charge is 2.12. The lowest BCUT2D eigenvalue weighted by molar-refractivity contribution is -0.387. The van der Waals surface area contributed by atoms with Crippen LogP contribution in [0.4, 0.5) is 5.69 Å². The zero-order valence-electron chi connectivity index (χ0n) is 8.05. The Morgan fingerprint density at radius 3 is 2.80 bits per heavy atom. The van der Waals surface area contributed by atoms with Crippen LogP contribution in [0.5, 0.6) is 0 Å². The molecule has 0 aromatic heterocycles. The van der Waals surface area contributed by atoms with Crippen LogP contribution in [0.1, 0.15) is 0 Å². The first-order valence-corrected chi connectivity index (χ1v) is 5.90. The van der Waals surface area contributed by atoms with Crippen LogP contribution in [0.2, 0.25) is 0 Å². The van der Waals surface area contributed by atoms with Gasteiger partial charge in [-0.05, 0) is 6.07 Å². The predicted molar refractivity (Wildman–Crippen MR) is 66.8 cm³/mol. The van der Waals surface area contributed by atoms with Gasteiger partial charge in [-0.1, -0.05) is 24.3 Å². The smallest absolute Gasteiger partial charge is 0.258 e. The Bertz CT molecular complexity index is 379. The van der Waals surface area contributed by atoms with E-state index >= 15 is 0 Å². The second-order valence-corrected chi connectivity index (χ2v) is 4.26. The number of benzene rings is 1. The maximum Gasteiger partial charge on any atom is 0.282 e. The zero-order valence-corrected chi connectivity index (χ0v) is 9.76. The van der Waals surface area contributed by atoms with Crippen molar-refractivity contribution in [1.29, 1.82) is 0 Å². The van der Waals surface area contributed by atoms with Gasteiger partial charge >= 0.3 is 0 Å². The molecule has 0 unspecified atom stereocenters. The number of nitro groups is 1. The minimum Gasteiger partial charge on any atom is -0.258 e. The van der Waals surface area contributed by atoms with Gasteiger partial charge in [0, 0.05) is 17.6 Å². The average molecular weight is 241 g/mol. The van der Waals surface area contributed by atoms with Gasteiger partial charge in [-0.25, -0.2) is 0 Å². The standard InChI is InChI=1S/C10H11NO2S2/c1-8(6-14)7-15-10-5-3-2-4-9(10)11(12)13/h2-5,14H,1,6-7H2. The largest absolute Gasteiger partial charge is 0.282 e. The summed E-state index contributed by atoms with van der Waals surface area (Å²) in [7, 11) is 0. The van der Waals surface area contributed by atoms with Crippen LogP contribution in [-0.4, -0.2) is 16.4 Å². The summed E-state index contributed by atoms with van der Waals surface area (Å²) in [5.74, 6) is 1.27. The Kier molecular flexibility index (Phi) is 4.71. The topological polar surface area (TPSA) is 43.1 Å². The number of nitrogens with zero attached hydrogens (tertiary/aromatic N) is 1. The zero-order chi connectivity index (χ0) is 11.3. The van der Waals surface area contributed by atoms with Crippen molar-refractivity contribution in [1.82, 2.24) is 0 Å². The van der Waals surface area contributed by atoms with Crippen LogP contribution in [0.15, 0.2) is 41.3 Å². The minimum absolute atomic E-state index is 0.148. The van der Waals surface area contributed by atoms with Crippen molar-refractivity contribution in [2.45, 2.75) is 4.90 Å². The molecule has 0 N–H and O–H groups in total. The summed E-state index contributed by atoms with van der Waals surface area (Å²) >= 11 is 5.50. The number of hydrogen-bond acceptors (Lipinski definition) is 4. The highest BCUT2D eigenvalue weighted by atomic mass is 32.2. The molecule has 0 aliphatic carbocycles. The third kappa shape index (κ3) is 3.60. The van der Waals surface area contributed by atoms with E-state index < -0.39 is 0 Å². The SMILES string of the molecule is C=C(CS)CSc1ccccc1[N+](=O)[O-]. The van der Waals surface area contributed by atoms with E-state index in [1.54, 1.807) is 18.2 Å². The van der Waals surface area contributed by atoms with Crippen molar-refractivity contribution in [2.24, 2.45) is 0 Å². The molecule has 0 bridgehead atoms. The molecule has 5 heteroatoms. The molecule has 0 fully saturated rings. The van der Waals surface area contributed by atoms with Gasteiger partial charge in [0.05, 0.1) is 9.82 Å². The maximum absolute atomic E-state index is 10.7. The normalized spacial score (nSPS) is 9.93. The molecule has 15 heavy (non-hydrogen) atoms. The first kappa shape index (κ1) is 12.1. The monoisotopic (exact) mass is 241 g/mol. The molecule has 1 aromatic rings. The van der Waals surface area contributed by atoms with E-state index in [2.05, 4.69) is 19.2 Å². The van der Waals surface area contributed by atoms with Gasteiger partial charge < -0.3 is 0 Å². The van der Waals surface area contributed by atoms with Crippen molar-refractivity contribution >= 4 is 30.1 Å². The number of thioether (sulfide) groups is 1. The lowest BCUT2D eigenvalue weighted by Gasteiger charge is -2.03. The molecule has 0 saturated carbocycles. The molecule has 1 rings (SSSR count). The Hall–Kier alpha value is -0.940. The quantitative estimate of drug-likeness (QED) is 0.283. The number of thiol groups is 1. The van der Waals surface area contributed by atoms with E-state index in [9.17, 15) is 10.1 Å². The molecule has 0 saturated heterocycles. The van der Waals surface area contributed by atoms with Gasteiger partial charge in [0.1, 0.15) is 0 Å². The number of nitro benzene ring substituents is 1. The maximum atomic E-state index is 10.7. The lowest BCUT2D eigenvalue weighted by Crippen LogP contribution is -1.92. The molecule has 3 nitrogen and oxygen atoms in total. The fourth-order valence-electron chi connectivity index (χ4n) is 0.956. The molecule has 0 aliphatic heterocycles. The van der Waals surface area contributed by atoms with E-state index in [4.69, 9.17) is 0 Å². The van der Waals surface area contributed by atoms with Crippen LogP contribution >= 0.6 is 24.4 Å². The van der Waals surface area contributed by atoms with Crippen LogP contribution in [0.25, 0.3) is 0 Å². The molecular weight excluding hydrogens is 230 g/mol. The van der Waals surface area contributed by atoms with Crippen LogP contribution < -0.4 is 0 Å². The van der Waals surface area contributed by atoms with Crippen molar-refractivity contribution in [3.8, 4) is 0 Å². The minimum atomic E-state index is -0.369. The Morgan fingerprint density at radius 1 is 1.53 bits per heavy atom.